The first-order valence-corrected chi connectivity index (χ1v) is 6.81. The Kier molecular flexibility index (Phi) is 3.11. The summed E-state index contributed by atoms with van der Waals surface area (Å²) in [5.74, 6) is 1.92. The van der Waals surface area contributed by atoms with Crippen molar-refractivity contribution < 1.29 is 4.52 Å². The number of rotatable bonds is 3. The Morgan fingerprint density at radius 2 is 1.84 bits per heavy atom. The summed E-state index contributed by atoms with van der Waals surface area (Å²) in [5, 5.41) is 4.14. The van der Waals surface area contributed by atoms with Crippen LogP contribution in [0.5, 0.6) is 0 Å². The lowest BCUT2D eigenvalue weighted by Gasteiger charge is -2.09. The quantitative estimate of drug-likeness (QED) is 0.917. The van der Waals surface area contributed by atoms with E-state index in [1.165, 1.54) is 11.1 Å². The number of hydrogen-bond acceptors (Lipinski definition) is 4. The molecule has 1 aromatic heterocycles. The van der Waals surface area contributed by atoms with Crippen LogP contribution in [0.3, 0.4) is 0 Å². The summed E-state index contributed by atoms with van der Waals surface area (Å²) < 4.78 is 5.36. The molecule has 2 aromatic rings. The maximum atomic E-state index is 5.87. The van der Waals surface area contributed by atoms with Gasteiger partial charge < -0.3 is 10.3 Å². The Morgan fingerprint density at radius 1 is 1.21 bits per heavy atom. The topological polar surface area (TPSA) is 64.9 Å². The van der Waals surface area contributed by atoms with E-state index in [-0.39, 0.29) is 12.0 Å². The second kappa shape index (κ2) is 4.78. The van der Waals surface area contributed by atoms with Gasteiger partial charge in [0, 0.05) is 12.0 Å². The van der Waals surface area contributed by atoms with Crippen LogP contribution in [0.4, 0.5) is 0 Å². The Morgan fingerprint density at radius 3 is 2.42 bits per heavy atom. The smallest absolute Gasteiger partial charge is 0.231 e. The predicted molar refractivity (Wildman–Crippen MR) is 73.0 cm³/mol. The molecule has 2 atom stereocenters. The molecule has 0 amide bonds. The first-order chi connectivity index (χ1) is 9.15. The molecule has 0 fully saturated rings. The van der Waals surface area contributed by atoms with Crippen LogP contribution < -0.4 is 5.73 Å². The van der Waals surface area contributed by atoms with E-state index in [0.717, 1.165) is 18.7 Å². The van der Waals surface area contributed by atoms with Crippen molar-refractivity contribution in [2.24, 2.45) is 5.73 Å². The summed E-state index contributed by atoms with van der Waals surface area (Å²) in [4.78, 5) is 4.54. The minimum absolute atomic E-state index is 0.0223. The first kappa shape index (κ1) is 12.4. The summed E-state index contributed by atoms with van der Waals surface area (Å²) in [6.45, 7) is 3.98. The highest BCUT2D eigenvalue weighted by atomic mass is 16.5. The highest BCUT2D eigenvalue weighted by molar-refractivity contribution is 5.34. The molecule has 0 bridgehead atoms. The monoisotopic (exact) mass is 257 g/mol. The number of nitrogens with zero attached hydrogens (tertiary/aromatic N) is 2. The molecule has 3 rings (SSSR count). The highest BCUT2D eigenvalue weighted by Crippen LogP contribution is 2.32. The molecule has 0 radical (unpaired) electrons. The Bertz CT molecular complexity index is 551. The van der Waals surface area contributed by atoms with Gasteiger partial charge in [0.05, 0.1) is 5.92 Å². The van der Waals surface area contributed by atoms with Gasteiger partial charge in [0.1, 0.15) is 0 Å². The van der Waals surface area contributed by atoms with Crippen LogP contribution in [0.25, 0.3) is 0 Å². The summed E-state index contributed by atoms with van der Waals surface area (Å²) in [6.07, 6.45) is 2.00. The second-order valence-electron chi connectivity index (χ2n) is 5.51. The van der Waals surface area contributed by atoms with Gasteiger partial charge in [0.2, 0.25) is 5.89 Å². The normalized spacial score (nSPS) is 18.3. The molecule has 1 aliphatic rings. The summed E-state index contributed by atoms with van der Waals surface area (Å²) in [7, 11) is 0. The van der Waals surface area contributed by atoms with Gasteiger partial charge in [-0.15, -0.1) is 0 Å². The van der Waals surface area contributed by atoms with Crippen LogP contribution in [0, 0.1) is 0 Å². The Balaban J connectivity index is 1.79. The van der Waals surface area contributed by atoms with Crippen molar-refractivity contribution in [3.63, 3.8) is 0 Å². The van der Waals surface area contributed by atoms with Crippen LogP contribution >= 0.6 is 0 Å². The number of nitrogens with two attached hydrogens (primary N) is 1. The molecular formula is C15H19N3O. The molecule has 4 nitrogen and oxygen atoms in total. The zero-order valence-corrected chi connectivity index (χ0v) is 11.3. The molecule has 4 heteroatoms. The highest BCUT2D eigenvalue weighted by Gasteiger charge is 2.27. The average Bonchev–Trinajstić information content (AvgIpc) is 3.03. The molecule has 0 saturated carbocycles. The van der Waals surface area contributed by atoms with Crippen LogP contribution in [0.2, 0.25) is 0 Å². The molecule has 1 aromatic carbocycles. The molecule has 2 unspecified atom stereocenters. The Labute approximate surface area is 113 Å². The van der Waals surface area contributed by atoms with Crippen molar-refractivity contribution in [1.82, 2.24) is 10.1 Å². The van der Waals surface area contributed by atoms with E-state index in [4.69, 9.17) is 10.3 Å². The minimum atomic E-state index is 0.0223. The van der Waals surface area contributed by atoms with Crippen molar-refractivity contribution in [3.8, 4) is 0 Å². The zero-order chi connectivity index (χ0) is 13.4. The molecule has 1 heterocycles. The molecule has 0 spiro atoms. The van der Waals surface area contributed by atoms with E-state index in [9.17, 15) is 0 Å². The van der Waals surface area contributed by atoms with Gasteiger partial charge in [-0.05, 0) is 30.9 Å². The van der Waals surface area contributed by atoms with Crippen LogP contribution in [0.1, 0.15) is 48.5 Å². The third kappa shape index (κ3) is 2.28. The van der Waals surface area contributed by atoms with Gasteiger partial charge in [0.25, 0.3) is 0 Å². The van der Waals surface area contributed by atoms with E-state index in [2.05, 4.69) is 34.4 Å². The number of benzene rings is 1. The summed E-state index contributed by atoms with van der Waals surface area (Å²) in [5.41, 5.74) is 8.68. The van der Waals surface area contributed by atoms with Gasteiger partial charge in [-0.3, -0.25) is 0 Å². The zero-order valence-electron chi connectivity index (χ0n) is 11.3. The molecular weight excluding hydrogens is 238 g/mol. The standard InChI is InChI=1S/C15H19N3O/c1-9(10(2)16)15-17-14(18-19-15)13-7-11-5-3-4-6-12(11)8-13/h3-6,9-10,13H,7-8,16H2,1-2H3. The SMILES string of the molecule is CC(N)C(C)c1nc(C2Cc3ccccc3C2)no1. The van der Waals surface area contributed by atoms with Crippen molar-refractivity contribution in [1.29, 1.82) is 0 Å². The Hall–Kier alpha value is -1.68. The van der Waals surface area contributed by atoms with Gasteiger partial charge in [-0.2, -0.15) is 4.98 Å². The molecule has 2 N–H and O–H groups in total. The summed E-state index contributed by atoms with van der Waals surface area (Å²) in [6, 6.07) is 8.55. The van der Waals surface area contributed by atoms with Crippen LogP contribution in [0.15, 0.2) is 28.8 Å². The first-order valence-electron chi connectivity index (χ1n) is 6.81. The van der Waals surface area contributed by atoms with Crippen molar-refractivity contribution in [3.05, 3.63) is 47.1 Å². The largest absolute Gasteiger partial charge is 0.339 e. The van der Waals surface area contributed by atoms with E-state index < -0.39 is 0 Å². The van der Waals surface area contributed by atoms with Crippen molar-refractivity contribution >= 4 is 0 Å². The molecule has 1 aliphatic carbocycles. The van der Waals surface area contributed by atoms with Crippen LogP contribution in [-0.2, 0) is 12.8 Å². The minimum Gasteiger partial charge on any atom is -0.339 e. The number of fused-ring (bicyclic) bond motifs is 1. The third-order valence-corrected chi connectivity index (χ3v) is 4.05. The van der Waals surface area contributed by atoms with Gasteiger partial charge in [-0.1, -0.05) is 36.3 Å². The second-order valence-corrected chi connectivity index (χ2v) is 5.51. The number of aromatic nitrogens is 2. The fraction of sp³-hybridized carbons (Fsp3) is 0.467. The third-order valence-electron chi connectivity index (χ3n) is 4.05. The lowest BCUT2D eigenvalue weighted by atomic mass is 10.0. The molecule has 19 heavy (non-hydrogen) atoms. The number of hydrogen-bond donors (Lipinski definition) is 1. The van der Waals surface area contributed by atoms with Crippen LogP contribution in [-0.4, -0.2) is 16.2 Å². The lowest BCUT2D eigenvalue weighted by Crippen LogP contribution is -2.22. The van der Waals surface area contributed by atoms with Crippen molar-refractivity contribution in [2.75, 3.05) is 0 Å². The van der Waals surface area contributed by atoms with Gasteiger partial charge in [0.15, 0.2) is 5.82 Å². The van der Waals surface area contributed by atoms with E-state index in [0.29, 0.717) is 11.8 Å². The summed E-state index contributed by atoms with van der Waals surface area (Å²) >= 11 is 0. The molecule has 0 aliphatic heterocycles. The molecule has 100 valence electrons. The lowest BCUT2D eigenvalue weighted by molar-refractivity contribution is 0.341. The maximum absolute atomic E-state index is 5.87. The van der Waals surface area contributed by atoms with E-state index in [1.807, 2.05) is 13.8 Å². The van der Waals surface area contributed by atoms with Gasteiger partial charge in [-0.25, -0.2) is 0 Å². The van der Waals surface area contributed by atoms with E-state index >= 15 is 0 Å². The average molecular weight is 257 g/mol. The fourth-order valence-electron chi connectivity index (χ4n) is 2.56. The molecule has 0 saturated heterocycles. The predicted octanol–water partition coefficient (Wildman–Crippen LogP) is 2.40. The van der Waals surface area contributed by atoms with E-state index in [1.54, 1.807) is 0 Å². The maximum Gasteiger partial charge on any atom is 0.231 e. The van der Waals surface area contributed by atoms with Gasteiger partial charge >= 0.3 is 0 Å². The van der Waals surface area contributed by atoms with Crippen molar-refractivity contribution in [2.45, 2.75) is 44.6 Å². The fourth-order valence-corrected chi connectivity index (χ4v) is 2.56.